The fourth-order valence-corrected chi connectivity index (χ4v) is 3.74. The SMILES string of the molecule is Cc1cc(OCC(=O)NCc2ccc(Cl)cc2)c2c3c(c(=O)oc2c1)CCC3. The van der Waals surface area contributed by atoms with E-state index in [-0.39, 0.29) is 18.1 Å². The van der Waals surface area contributed by atoms with Crippen molar-refractivity contribution < 1.29 is 13.9 Å². The number of carbonyl (C=O) groups excluding carboxylic acids is 1. The molecule has 3 aromatic rings. The van der Waals surface area contributed by atoms with Crippen molar-refractivity contribution in [2.24, 2.45) is 0 Å². The Morgan fingerprint density at radius 2 is 1.93 bits per heavy atom. The minimum absolute atomic E-state index is 0.111. The van der Waals surface area contributed by atoms with Gasteiger partial charge in [0, 0.05) is 17.1 Å². The van der Waals surface area contributed by atoms with Gasteiger partial charge in [0.15, 0.2) is 6.61 Å². The zero-order chi connectivity index (χ0) is 19.7. The molecule has 1 aliphatic rings. The summed E-state index contributed by atoms with van der Waals surface area (Å²) in [4.78, 5) is 24.4. The molecule has 0 aliphatic heterocycles. The second-order valence-electron chi connectivity index (χ2n) is 7.03. The van der Waals surface area contributed by atoms with Gasteiger partial charge >= 0.3 is 5.63 Å². The minimum atomic E-state index is -0.266. The molecule has 6 heteroatoms. The van der Waals surface area contributed by atoms with Crippen LogP contribution in [-0.4, -0.2) is 12.5 Å². The summed E-state index contributed by atoms with van der Waals surface area (Å²) in [5.74, 6) is 0.358. The van der Waals surface area contributed by atoms with E-state index in [9.17, 15) is 9.59 Å². The quantitative estimate of drug-likeness (QED) is 0.662. The highest BCUT2D eigenvalue weighted by molar-refractivity contribution is 6.30. The molecule has 0 unspecified atom stereocenters. The van der Waals surface area contributed by atoms with Gasteiger partial charge in [-0.05, 0) is 67.1 Å². The number of hydrogen-bond donors (Lipinski definition) is 1. The summed E-state index contributed by atoms with van der Waals surface area (Å²) in [5, 5.41) is 4.30. The van der Waals surface area contributed by atoms with E-state index < -0.39 is 0 Å². The first kappa shape index (κ1) is 18.6. The molecule has 2 aromatic carbocycles. The maximum Gasteiger partial charge on any atom is 0.339 e. The van der Waals surface area contributed by atoms with Crippen LogP contribution in [0.5, 0.6) is 5.75 Å². The van der Waals surface area contributed by atoms with Crippen LogP contribution in [0, 0.1) is 6.92 Å². The van der Waals surface area contributed by atoms with E-state index in [4.69, 9.17) is 20.8 Å². The van der Waals surface area contributed by atoms with Crippen molar-refractivity contribution in [2.75, 3.05) is 6.61 Å². The molecule has 1 N–H and O–H groups in total. The lowest BCUT2D eigenvalue weighted by Gasteiger charge is -2.13. The molecule has 0 atom stereocenters. The molecule has 5 nitrogen and oxygen atoms in total. The standard InChI is InChI=1S/C22H20ClNO4/c1-13-9-18(21-16-3-2-4-17(16)22(26)28-19(21)10-13)27-12-20(25)24-11-14-5-7-15(23)8-6-14/h5-10H,2-4,11-12H2,1H3,(H,24,25). The normalized spacial score (nSPS) is 12.8. The van der Waals surface area contributed by atoms with Crippen molar-refractivity contribution in [3.8, 4) is 5.75 Å². The number of halogens is 1. The highest BCUT2D eigenvalue weighted by Crippen LogP contribution is 2.35. The van der Waals surface area contributed by atoms with Crippen molar-refractivity contribution in [2.45, 2.75) is 32.7 Å². The van der Waals surface area contributed by atoms with Gasteiger partial charge < -0.3 is 14.5 Å². The third kappa shape index (κ3) is 3.76. The fourth-order valence-electron chi connectivity index (χ4n) is 3.62. The molecular weight excluding hydrogens is 378 g/mol. The molecule has 1 amide bonds. The van der Waals surface area contributed by atoms with Crippen LogP contribution in [-0.2, 0) is 24.2 Å². The minimum Gasteiger partial charge on any atom is -0.483 e. The lowest BCUT2D eigenvalue weighted by molar-refractivity contribution is -0.123. The Hall–Kier alpha value is -2.79. The van der Waals surface area contributed by atoms with Gasteiger partial charge in [-0.15, -0.1) is 0 Å². The van der Waals surface area contributed by atoms with Gasteiger partial charge in [0.25, 0.3) is 5.91 Å². The molecule has 0 radical (unpaired) electrons. The predicted molar refractivity (Wildman–Crippen MR) is 108 cm³/mol. The van der Waals surface area contributed by atoms with Crippen molar-refractivity contribution in [1.29, 1.82) is 0 Å². The fraction of sp³-hybridized carbons (Fsp3) is 0.273. The van der Waals surface area contributed by atoms with Crippen molar-refractivity contribution in [1.82, 2.24) is 5.32 Å². The third-order valence-corrected chi connectivity index (χ3v) is 5.19. The number of hydrogen-bond acceptors (Lipinski definition) is 4. The van der Waals surface area contributed by atoms with E-state index in [0.717, 1.165) is 46.9 Å². The molecule has 0 saturated carbocycles. The van der Waals surface area contributed by atoms with Crippen molar-refractivity contribution in [3.63, 3.8) is 0 Å². The largest absolute Gasteiger partial charge is 0.483 e. The smallest absolute Gasteiger partial charge is 0.339 e. The molecule has 1 aromatic heterocycles. The number of rotatable bonds is 5. The van der Waals surface area contributed by atoms with Crippen LogP contribution in [0.15, 0.2) is 45.6 Å². The number of fused-ring (bicyclic) bond motifs is 3. The van der Waals surface area contributed by atoms with Gasteiger partial charge in [-0.1, -0.05) is 23.7 Å². The maximum atomic E-state index is 12.2. The van der Waals surface area contributed by atoms with Crippen molar-refractivity contribution in [3.05, 3.63) is 74.1 Å². The summed E-state index contributed by atoms with van der Waals surface area (Å²) in [6, 6.07) is 11.0. The van der Waals surface area contributed by atoms with E-state index in [1.807, 2.05) is 31.2 Å². The van der Waals surface area contributed by atoms with Crippen LogP contribution in [0.2, 0.25) is 5.02 Å². The summed E-state index contributed by atoms with van der Waals surface area (Å²) in [7, 11) is 0. The van der Waals surface area contributed by atoms with Crippen molar-refractivity contribution >= 4 is 28.5 Å². The number of carbonyl (C=O) groups is 1. The lowest BCUT2D eigenvalue weighted by Crippen LogP contribution is -2.28. The molecule has 1 heterocycles. The van der Waals surface area contributed by atoms with Gasteiger partial charge in [0.1, 0.15) is 11.3 Å². The number of benzene rings is 2. The van der Waals surface area contributed by atoms with E-state index in [0.29, 0.717) is 22.9 Å². The number of amides is 1. The van der Waals surface area contributed by atoms with Gasteiger partial charge in [0.2, 0.25) is 0 Å². The lowest BCUT2D eigenvalue weighted by atomic mass is 10.0. The highest BCUT2D eigenvalue weighted by Gasteiger charge is 2.22. The summed E-state index contributed by atoms with van der Waals surface area (Å²) in [5.41, 5.74) is 3.83. The first-order chi connectivity index (χ1) is 13.5. The van der Waals surface area contributed by atoms with Gasteiger partial charge in [-0.2, -0.15) is 0 Å². The van der Waals surface area contributed by atoms with Crippen LogP contribution >= 0.6 is 11.6 Å². The Bertz CT molecular complexity index is 1100. The Balaban J connectivity index is 1.51. The van der Waals surface area contributed by atoms with Gasteiger partial charge in [0.05, 0.1) is 5.39 Å². The topological polar surface area (TPSA) is 68.5 Å². The van der Waals surface area contributed by atoms with Crippen LogP contribution in [0.1, 0.15) is 28.7 Å². The second kappa shape index (κ2) is 7.68. The molecule has 28 heavy (non-hydrogen) atoms. The highest BCUT2D eigenvalue weighted by atomic mass is 35.5. The summed E-state index contributed by atoms with van der Waals surface area (Å²) < 4.78 is 11.3. The molecule has 4 rings (SSSR count). The Kier molecular flexibility index (Phi) is 5.09. The molecule has 0 bridgehead atoms. The summed E-state index contributed by atoms with van der Waals surface area (Å²) in [6.45, 7) is 2.19. The molecular formula is C22H20ClNO4. The Labute approximate surface area is 167 Å². The number of nitrogens with one attached hydrogen (secondary N) is 1. The van der Waals surface area contributed by atoms with Gasteiger partial charge in [-0.25, -0.2) is 4.79 Å². The molecule has 0 spiro atoms. The number of aryl methyl sites for hydroxylation is 2. The van der Waals surface area contributed by atoms with Crippen LogP contribution in [0.4, 0.5) is 0 Å². The predicted octanol–water partition coefficient (Wildman–Crippen LogP) is 3.94. The van der Waals surface area contributed by atoms with E-state index in [1.54, 1.807) is 12.1 Å². The average molecular weight is 398 g/mol. The first-order valence-corrected chi connectivity index (χ1v) is 9.62. The molecule has 0 saturated heterocycles. The van der Waals surface area contributed by atoms with Gasteiger partial charge in [-0.3, -0.25) is 4.79 Å². The molecule has 144 valence electrons. The zero-order valence-electron chi connectivity index (χ0n) is 15.5. The maximum absolute atomic E-state index is 12.2. The zero-order valence-corrected chi connectivity index (χ0v) is 16.3. The van der Waals surface area contributed by atoms with Crippen LogP contribution in [0.3, 0.4) is 0 Å². The monoisotopic (exact) mass is 397 g/mol. The molecule has 0 fully saturated rings. The van der Waals surface area contributed by atoms with E-state index in [2.05, 4.69) is 5.32 Å². The van der Waals surface area contributed by atoms with Crippen LogP contribution in [0.25, 0.3) is 11.0 Å². The Morgan fingerprint density at radius 1 is 1.18 bits per heavy atom. The number of ether oxygens (including phenoxy) is 1. The average Bonchev–Trinajstić information content (AvgIpc) is 3.15. The third-order valence-electron chi connectivity index (χ3n) is 4.94. The van der Waals surface area contributed by atoms with Crippen LogP contribution < -0.4 is 15.7 Å². The van der Waals surface area contributed by atoms with E-state index in [1.165, 1.54) is 0 Å². The summed E-state index contributed by atoms with van der Waals surface area (Å²) >= 11 is 5.87. The molecule has 1 aliphatic carbocycles. The second-order valence-corrected chi connectivity index (χ2v) is 7.46. The van der Waals surface area contributed by atoms with E-state index >= 15 is 0 Å². The Morgan fingerprint density at radius 3 is 2.71 bits per heavy atom. The first-order valence-electron chi connectivity index (χ1n) is 9.24. The summed E-state index contributed by atoms with van der Waals surface area (Å²) in [6.07, 6.45) is 2.47.